The Labute approximate surface area is 100 Å². The molecule has 16 heavy (non-hydrogen) atoms. The fourth-order valence-electron chi connectivity index (χ4n) is 1.56. The van der Waals surface area contributed by atoms with Crippen molar-refractivity contribution in [1.29, 1.82) is 0 Å². The lowest BCUT2D eigenvalue weighted by atomic mass is 10.2. The molecular weight excluding hydrogens is 222 g/mol. The van der Waals surface area contributed by atoms with Gasteiger partial charge in [0.05, 0.1) is 12.3 Å². The summed E-state index contributed by atoms with van der Waals surface area (Å²) in [4.78, 5) is 0. The summed E-state index contributed by atoms with van der Waals surface area (Å²) in [5.74, 6) is 0.946. The third-order valence-corrected chi connectivity index (χ3v) is 2.71. The maximum Gasteiger partial charge on any atom is 0.120 e. The van der Waals surface area contributed by atoms with Gasteiger partial charge in [0.15, 0.2) is 0 Å². The Morgan fingerprint density at radius 3 is 2.88 bits per heavy atom. The highest BCUT2D eigenvalue weighted by Gasteiger charge is 2.06. The number of furan rings is 1. The number of hydrogen-bond acceptors (Lipinski definition) is 2. The molecule has 1 aromatic heterocycles. The van der Waals surface area contributed by atoms with Crippen LogP contribution in [-0.4, -0.2) is 0 Å². The second-order valence-electron chi connectivity index (χ2n) is 3.75. The topological polar surface area (TPSA) is 25.2 Å². The van der Waals surface area contributed by atoms with E-state index in [1.165, 1.54) is 5.56 Å². The summed E-state index contributed by atoms with van der Waals surface area (Å²) >= 11 is 5.91. The van der Waals surface area contributed by atoms with Gasteiger partial charge in [-0.3, -0.25) is 0 Å². The average Bonchev–Trinajstić information content (AvgIpc) is 2.79. The molecule has 1 atom stereocenters. The van der Waals surface area contributed by atoms with Gasteiger partial charge in [-0.2, -0.15) is 0 Å². The summed E-state index contributed by atoms with van der Waals surface area (Å²) in [5, 5.41) is 4.14. The second kappa shape index (κ2) is 5.19. The Balaban J connectivity index is 1.92. The normalized spacial score (nSPS) is 12.6. The predicted molar refractivity (Wildman–Crippen MR) is 65.4 cm³/mol. The van der Waals surface area contributed by atoms with E-state index in [0.717, 1.165) is 17.3 Å². The summed E-state index contributed by atoms with van der Waals surface area (Å²) in [5.41, 5.74) is 1.17. The van der Waals surface area contributed by atoms with Crippen molar-refractivity contribution in [2.24, 2.45) is 0 Å². The minimum Gasteiger partial charge on any atom is -0.468 e. The average molecular weight is 236 g/mol. The van der Waals surface area contributed by atoms with Crippen LogP contribution in [0.1, 0.15) is 24.3 Å². The van der Waals surface area contributed by atoms with Gasteiger partial charge in [-0.1, -0.05) is 23.7 Å². The molecule has 2 aromatic rings. The minimum atomic E-state index is 0.203. The largest absolute Gasteiger partial charge is 0.468 e. The van der Waals surface area contributed by atoms with Crippen LogP contribution < -0.4 is 5.32 Å². The maximum absolute atomic E-state index is 5.91. The lowest BCUT2D eigenvalue weighted by Gasteiger charge is -2.11. The minimum absolute atomic E-state index is 0.203. The first-order chi connectivity index (χ1) is 7.75. The fraction of sp³-hybridized carbons (Fsp3) is 0.231. The summed E-state index contributed by atoms with van der Waals surface area (Å²) in [6.45, 7) is 2.85. The van der Waals surface area contributed by atoms with Gasteiger partial charge in [0.1, 0.15) is 5.76 Å². The van der Waals surface area contributed by atoms with E-state index in [2.05, 4.69) is 12.2 Å². The molecule has 0 radical (unpaired) electrons. The summed E-state index contributed by atoms with van der Waals surface area (Å²) in [6, 6.07) is 11.9. The highest BCUT2D eigenvalue weighted by Crippen LogP contribution is 2.14. The molecule has 0 aliphatic rings. The molecule has 0 amide bonds. The fourth-order valence-corrected chi connectivity index (χ4v) is 1.77. The van der Waals surface area contributed by atoms with E-state index in [1.54, 1.807) is 6.26 Å². The Morgan fingerprint density at radius 2 is 2.19 bits per heavy atom. The van der Waals surface area contributed by atoms with E-state index in [-0.39, 0.29) is 6.04 Å². The zero-order valence-electron chi connectivity index (χ0n) is 9.11. The van der Waals surface area contributed by atoms with Crippen molar-refractivity contribution in [2.75, 3.05) is 0 Å². The molecule has 1 aromatic carbocycles. The van der Waals surface area contributed by atoms with Crippen LogP contribution in [0, 0.1) is 0 Å². The van der Waals surface area contributed by atoms with E-state index in [1.807, 2.05) is 36.4 Å². The molecule has 2 rings (SSSR count). The highest BCUT2D eigenvalue weighted by atomic mass is 35.5. The number of benzene rings is 1. The van der Waals surface area contributed by atoms with Crippen LogP contribution >= 0.6 is 11.6 Å². The molecule has 0 bridgehead atoms. The number of hydrogen-bond donors (Lipinski definition) is 1. The lowest BCUT2D eigenvalue weighted by molar-refractivity contribution is 0.430. The van der Waals surface area contributed by atoms with Gasteiger partial charge in [0, 0.05) is 11.6 Å². The smallest absolute Gasteiger partial charge is 0.120 e. The first-order valence-corrected chi connectivity index (χ1v) is 5.65. The Bertz CT molecular complexity index is 439. The van der Waals surface area contributed by atoms with Crippen molar-refractivity contribution < 1.29 is 4.42 Å². The molecule has 0 spiro atoms. The SMILES string of the molecule is C[C@H](NCc1cccc(Cl)c1)c1ccco1. The number of halogens is 1. The molecule has 1 heterocycles. The molecule has 3 heteroatoms. The Hall–Kier alpha value is -1.25. The van der Waals surface area contributed by atoms with Crippen LogP contribution in [0.3, 0.4) is 0 Å². The predicted octanol–water partition coefficient (Wildman–Crippen LogP) is 3.78. The molecule has 1 N–H and O–H groups in total. The maximum atomic E-state index is 5.91. The molecule has 0 aliphatic carbocycles. The van der Waals surface area contributed by atoms with Crippen LogP contribution in [0.4, 0.5) is 0 Å². The van der Waals surface area contributed by atoms with Gasteiger partial charge in [0.2, 0.25) is 0 Å². The van der Waals surface area contributed by atoms with Gasteiger partial charge in [0.25, 0.3) is 0 Å². The molecule has 0 saturated heterocycles. The molecule has 2 nitrogen and oxygen atoms in total. The quantitative estimate of drug-likeness (QED) is 0.873. The van der Waals surface area contributed by atoms with E-state index in [4.69, 9.17) is 16.0 Å². The van der Waals surface area contributed by atoms with Crippen LogP contribution in [-0.2, 0) is 6.54 Å². The van der Waals surface area contributed by atoms with E-state index >= 15 is 0 Å². The van der Waals surface area contributed by atoms with Crippen molar-refractivity contribution in [3.05, 3.63) is 59.0 Å². The zero-order chi connectivity index (χ0) is 11.4. The van der Waals surface area contributed by atoms with Gasteiger partial charge in [-0.25, -0.2) is 0 Å². The second-order valence-corrected chi connectivity index (χ2v) is 4.18. The summed E-state index contributed by atoms with van der Waals surface area (Å²) in [6.07, 6.45) is 1.69. The first-order valence-electron chi connectivity index (χ1n) is 5.27. The molecule has 0 unspecified atom stereocenters. The van der Waals surface area contributed by atoms with Crippen molar-refractivity contribution >= 4 is 11.6 Å². The van der Waals surface area contributed by atoms with E-state index in [0.29, 0.717) is 0 Å². The molecular formula is C13H14ClNO. The zero-order valence-corrected chi connectivity index (χ0v) is 9.87. The molecule has 0 fully saturated rings. The molecule has 0 saturated carbocycles. The number of nitrogens with one attached hydrogen (secondary N) is 1. The van der Waals surface area contributed by atoms with Crippen LogP contribution in [0.2, 0.25) is 5.02 Å². The van der Waals surface area contributed by atoms with E-state index in [9.17, 15) is 0 Å². The standard InChI is InChI=1S/C13H14ClNO/c1-10(13-6-3-7-16-13)15-9-11-4-2-5-12(14)8-11/h2-8,10,15H,9H2,1H3/t10-/m0/s1. The summed E-state index contributed by atoms with van der Waals surface area (Å²) < 4.78 is 5.32. The monoisotopic (exact) mass is 235 g/mol. The van der Waals surface area contributed by atoms with Gasteiger partial charge in [-0.15, -0.1) is 0 Å². The Kier molecular flexibility index (Phi) is 3.65. The van der Waals surface area contributed by atoms with E-state index < -0.39 is 0 Å². The first kappa shape index (κ1) is 11.2. The van der Waals surface area contributed by atoms with Gasteiger partial charge in [-0.05, 0) is 36.8 Å². The van der Waals surface area contributed by atoms with Crippen molar-refractivity contribution in [1.82, 2.24) is 5.32 Å². The third-order valence-electron chi connectivity index (χ3n) is 2.47. The third kappa shape index (κ3) is 2.87. The molecule has 0 aliphatic heterocycles. The summed E-state index contributed by atoms with van der Waals surface area (Å²) in [7, 11) is 0. The van der Waals surface area contributed by atoms with Crippen LogP contribution in [0.15, 0.2) is 47.1 Å². The Morgan fingerprint density at radius 1 is 1.31 bits per heavy atom. The van der Waals surface area contributed by atoms with Crippen molar-refractivity contribution in [3.8, 4) is 0 Å². The lowest BCUT2D eigenvalue weighted by Crippen LogP contribution is -2.17. The van der Waals surface area contributed by atoms with Crippen molar-refractivity contribution in [2.45, 2.75) is 19.5 Å². The number of rotatable bonds is 4. The highest BCUT2D eigenvalue weighted by molar-refractivity contribution is 6.30. The van der Waals surface area contributed by atoms with Crippen LogP contribution in [0.25, 0.3) is 0 Å². The molecule has 84 valence electrons. The van der Waals surface area contributed by atoms with Crippen LogP contribution in [0.5, 0.6) is 0 Å². The van der Waals surface area contributed by atoms with Gasteiger partial charge < -0.3 is 9.73 Å². The van der Waals surface area contributed by atoms with Crippen molar-refractivity contribution in [3.63, 3.8) is 0 Å². The van der Waals surface area contributed by atoms with Gasteiger partial charge >= 0.3 is 0 Å².